The van der Waals surface area contributed by atoms with E-state index in [1.165, 1.54) is 35.6 Å². The Morgan fingerprint density at radius 3 is 2.20 bits per heavy atom. The topological polar surface area (TPSA) is 62.3 Å². The van der Waals surface area contributed by atoms with Gasteiger partial charge in [-0.1, -0.05) is 51.0 Å². The summed E-state index contributed by atoms with van der Waals surface area (Å²) in [6, 6.07) is 12.1. The number of carbonyl (C=O) groups excluding carboxylic acids is 2. The quantitative estimate of drug-likeness (QED) is 0.328. The van der Waals surface area contributed by atoms with Gasteiger partial charge in [0.1, 0.15) is 22.3 Å². The minimum Gasteiger partial charge on any atom is -0.347 e. The second-order valence-corrected chi connectivity index (χ2v) is 9.45. The third-order valence-electron chi connectivity index (χ3n) is 5.82. The average Bonchev–Trinajstić information content (AvgIpc) is 3.33. The molecule has 0 aliphatic carbocycles. The Morgan fingerprint density at radius 2 is 1.60 bits per heavy atom. The van der Waals surface area contributed by atoms with Gasteiger partial charge in [0.15, 0.2) is 0 Å². The number of hydrogen-bond acceptors (Lipinski definition) is 4. The van der Waals surface area contributed by atoms with E-state index in [2.05, 4.69) is 17.2 Å². The maximum absolute atomic E-state index is 13.4. The number of nitrogens with zero attached hydrogens (tertiary/aromatic N) is 2. The highest BCUT2D eigenvalue weighted by Gasteiger charge is 2.24. The van der Waals surface area contributed by atoms with Gasteiger partial charge >= 0.3 is 0 Å². The number of amides is 2. The van der Waals surface area contributed by atoms with E-state index >= 15 is 0 Å². The molecule has 0 saturated carbocycles. The van der Waals surface area contributed by atoms with Gasteiger partial charge in [0.2, 0.25) is 5.91 Å². The van der Waals surface area contributed by atoms with Gasteiger partial charge < -0.3 is 10.2 Å². The Morgan fingerprint density at radius 1 is 0.971 bits per heavy atom. The molecule has 1 aromatic heterocycles. The average molecular weight is 500 g/mol. The summed E-state index contributed by atoms with van der Waals surface area (Å²) >= 11 is 1.32. The zero-order chi connectivity index (χ0) is 25.2. The van der Waals surface area contributed by atoms with Gasteiger partial charge in [0.05, 0.1) is 6.54 Å². The molecule has 0 fully saturated rings. The van der Waals surface area contributed by atoms with Gasteiger partial charge in [0.25, 0.3) is 5.91 Å². The van der Waals surface area contributed by atoms with Crippen LogP contribution in [0.2, 0.25) is 0 Å². The molecule has 1 N–H and O–H groups in total. The molecule has 0 bridgehead atoms. The lowest BCUT2D eigenvalue weighted by molar-refractivity contribution is -0.137. The van der Waals surface area contributed by atoms with Gasteiger partial charge in [-0.2, -0.15) is 0 Å². The third kappa shape index (κ3) is 7.96. The summed E-state index contributed by atoms with van der Waals surface area (Å²) in [5.41, 5.74) is 1.89. The molecule has 0 aliphatic rings. The third-order valence-corrected chi connectivity index (χ3v) is 6.66. The summed E-state index contributed by atoms with van der Waals surface area (Å²) in [5.74, 6) is -1.03. The Labute approximate surface area is 209 Å². The van der Waals surface area contributed by atoms with Crippen molar-refractivity contribution < 1.29 is 18.4 Å². The number of hydrogen-bond donors (Lipinski definition) is 1. The first-order valence-electron chi connectivity index (χ1n) is 11.9. The standard InChI is InChI=1S/C27H31F2N3O2S/c1-3-5-6-21(4-2)27(34)32(16-20-9-13-23(29)14-10-20)17-25-31-24(18-35-25)26(33)30-15-19-7-11-22(28)12-8-19/h7-14,18,21H,3-6,15-17H2,1-2H3,(H,30,33). The van der Waals surface area contributed by atoms with Gasteiger partial charge in [-0.15, -0.1) is 11.3 Å². The molecule has 0 radical (unpaired) electrons. The van der Waals surface area contributed by atoms with Crippen LogP contribution in [0.25, 0.3) is 0 Å². The predicted molar refractivity (Wildman–Crippen MR) is 134 cm³/mol. The number of unbranched alkanes of at least 4 members (excludes halogenated alkanes) is 1. The van der Waals surface area contributed by atoms with Crippen LogP contribution < -0.4 is 5.32 Å². The van der Waals surface area contributed by atoms with Crippen LogP contribution >= 0.6 is 11.3 Å². The summed E-state index contributed by atoms with van der Waals surface area (Å²) in [5, 5.41) is 5.11. The largest absolute Gasteiger partial charge is 0.347 e. The molecule has 8 heteroatoms. The first kappa shape index (κ1) is 26.5. The fraction of sp³-hybridized carbons (Fsp3) is 0.370. The predicted octanol–water partition coefficient (Wildman–Crippen LogP) is 6.10. The number of nitrogens with one attached hydrogen (secondary N) is 1. The van der Waals surface area contributed by atoms with Crippen molar-refractivity contribution in [2.75, 3.05) is 0 Å². The molecular weight excluding hydrogens is 468 g/mol. The first-order valence-corrected chi connectivity index (χ1v) is 12.8. The van der Waals surface area contributed by atoms with Crippen LogP contribution in [0, 0.1) is 17.6 Å². The van der Waals surface area contributed by atoms with E-state index in [-0.39, 0.29) is 48.2 Å². The maximum Gasteiger partial charge on any atom is 0.271 e. The molecule has 3 aromatic rings. The molecule has 2 aromatic carbocycles. The van der Waals surface area contributed by atoms with Crippen molar-refractivity contribution >= 4 is 23.2 Å². The molecule has 1 atom stereocenters. The van der Waals surface area contributed by atoms with Crippen LogP contribution in [-0.4, -0.2) is 21.7 Å². The summed E-state index contributed by atoms with van der Waals surface area (Å²) in [7, 11) is 0. The number of halogens is 2. The molecule has 186 valence electrons. The molecule has 1 heterocycles. The molecule has 2 amide bonds. The summed E-state index contributed by atoms with van der Waals surface area (Å²) in [6.07, 6.45) is 3.56. The van der Waals surface area contributed by atoms with E-state index in [1.54, 1.807) is 34.5 Å². The van der Waals surface area contributed by atoms with Crippen molar-refractivity contribution in [3.8, 4) is 0 Å². The van der Waals surface area contributed by atoms with Crippen LogP contribution in [0.4, 0.5) is 8.78 Å². The SMILES string of the molecule is CCCCC(CC)C(=O)N(Cc1ccc(F)cc1)Cc1nc(C(=O)NCc2ccc(F)cc2)cs1. The van der Waals surface area contributed by atoms with E-state index in [1.807, 2.05) is 6.92 Å². The fourth-order valence-corrected chi connectivity index (χ4v) is 4.55. The smallest absolute Gasteiger partial charge is 0.271 e. The van der Waals surface area contributed by atoms with Crippen LogP contribution in [-0.2, 0) is 24.4 Å². The van der Waals surface area contributed by atoms with Gasteiger partial charge in [0, 0.05) is 24.4 Å². The highest BCUT2D eigenvalue weighted by molar-refractivity contribution is 7.09. The monoisotopic (exact) mass is 499 g/mol. The Kier molecular flexibility index (Phi) is 9.90. The zero-order valence-corrected chi connectivity index (χ0v) is 20.9. The number of benzene rings is 2. The minimum absolute atomic E-state index is 0.0442. The van der Waals surface area contributed by atoms with Gasteiger partial charge in [-0.25, -0.2) is 13.8 Å². The molecule has 0 saturated heterocycles. The molecule has 35 heavy (non-hydrogen) atoms. The van der Waals surface area contributed by atoms with Crippen molar-refractivity contribution in [3.05, 3.63) is 87.4 Å². The highest BCUT2D eigenvalue weighted by Crippen LogP contribution is 2.21. The zero-order valence-electron chi connectivity index (χ0n) is 20.1. The molecule has 3 rings (SSSR count). The summed E-state index contributed by atoms with van der Waals surface area (Å²) in [4.78, 5) is 32.2. The molecule has 0 spiro atoms. The van der Waals surface area contributed by atoms with Crippen molar-refractivity contribution in [1.29, 1.82) is 0 Å². The first-order chi connectivity index (χ1) is 16.9. The number of carbonyl (C=O) groups is 2. The van der Waals surface area contributed by atoms with Gasteiger partial charge in [-0.05, 0) is 48.2 Å². The lowest BCUT2D eigenvalue weighted by atomic mass is 9.97. The number of aromatic nitrogens is 1. The second kappa shape index (κ2) is 13.1. The van der Waals surface area contributed by atoms with Crippen molar-refractivity contribution in [2.24, 2.45) is 5.92 Å². The van der Waals surface area contributed by atoms with Crippen molar-refractivity contribution in [3.63, 3.8) is 0 Å². The molecule has 1 unspecified atom stereocenters. The van der Waals surface area contributed by atoms with Gasteiger partial charge in [-0.3, -0.25) is 9.59 Å². The second-order valence-electron chi connectivity index (χ2n) is 8.50. The van der Waals surface area contributed by atoms with E-state index in [0.29, 0.717) is 11.6 Å². The Bertz CT molecular complexity index is 1100. The lowest BCUT2D eigenvalue weighted by Gasteiger charge is -2.26. The van der Waals surface area contributed by atoms with Crippen molar-refractivity contribution in [1.82, 2.24) is 15.2 Å². The van der Waals surface area contributed by atoms with E-state index in [0.717, 1.165) is 36.8 Å². The Hall–Kier alpha value is -3.13. The molecule has 5 nitrogen and oxygen atoms in total. The lowest BCUT2D eigenvalue weighted by Crippen LogP contribution is -2.35. The summed E-state index contributed by atoms with van der Waals surface area (Å²) < 4.78 is 26.4. The van der Waals surface area contributed by atoms with Crippen LogP contribution in [0.1, 0.15) is 66.2 Å². The number of thiazole rings is 1. The fourth-order valence-electron chi connectivity index (χ4n) is 3.76. The van der Waals surface area contributed by atoms with Crippen molar-refractivity contribution in [2.45, 2.75) is 59.2 Å². The maximum atomic E-state index is 13.4. The van der Waals surface area contributed by atoms with E-state index in [4.69, 9.17) is 0 Å². The van der Waals surface area contributed by atoms with Crippen LogP contribution in [0.15, 0.2) is 53.9 Å². The summed E-state index contributed by atoms with van der Waals surface area (Å²) in [6.45, 7) is 4.99. The molecular formula is C27H31F2N3O2S. The Balaban J connectivity index is 1.70. The minimum atomic E-state index is -0.331. The van der Waals surface area contributed by atoms with Crippen LogP contribution in [0.5, 0.6) is 0 Å². The number of rotatable bonds is 12. The van der Waals surface area contributed by atoms with E-state index in [9.17, 15) is 18.4 Å². The highest BCUT2D eigenvalue weighted by atomic mass is 32.1. The normalized spacial score (nSPS) is 11.8. The van der Waals surface area contributed by atoms with Crippen LogP contribution in [0.3, 0.4) is 0 Å². The molecule has 0 aliphatic heterocycles. The van der Waals surface area contributed by atoms with E-state index < -0.39 is 0 Å².